The quantitative estimate of drug-likeness (QED) is 0.379. The maximum atomic E-state index is 11.0. The summed E-state index contributed by atoms with van der Waals surface area (Å²) in [6, 6.07) is 0. The fourth-order valence-corrected chi connectivity index (χ4v) is 10.2. The van der Waals surface area contributed by atoms with Gasteiger partial charge in [0.2, 0.25) is 0 Å². The summed E-state index contributed by atoms with van der Waals surface area (Å²) in [4.78, 5) is 0. The van der Waals surface area contributed by atoms with E-state index in [-0.39, 0.29) is 6.10 Å². The van der Waals surface area contributed by atoms with Gasteiger partial charge in [-0.3, -0.25) is 0 Å². The molecule has 4 fully saturated rings. The average Bonchev–Trinajstić information content (AvgIpc) is 3.10. The maximum Gasteiger partial charge on any atom is 0.0574 e. The van der Waals surface area contributed by atoms with Crippen LogP contribution in [0, 0.1) is 58.2 Å². The second-order valence-electron chi connectivity index (χ2n) is 14.4. The van der Waals surface area contributed by atoms with E-state index in [9.17, 15) is 5.11 Å². The highest BCUT2D eigenvalue weighted by molar-refractivity contribution is 5.11. The third-order valence-electron chi connectivity index (χ3n) is 11.9. The molecule has 190 valence electrons. The van der Waals surface area contributed by atoms with Crippen molar-refractivity contribution in [3.8, 4) is 0 Å². The summed E-state index contributed by atoms with van der Waals surface area (Å²) < 4.78 is 0. The SMILES string of the molecule is CC(C)=CC[C@H]1C2CCC3C(CC[C@@]4(C)C3CC[C@@H]4[C@H](C)CCCC(C)C)[C@@]2(C)CC[C@H]1O. The molecule has 33 heavy (non-hydrogen) atoms. The monoisotopic (exact) mass is 456 g/mol. The second-order valence-corrected chi connectivity index (χ2v) is 14.4. The van der Waals surface area contributed by atoms with Crippen LogP contribution in [0.15, 0.2) is 11.6 Å². The van der Waals surface area contributed by atoms with Crippen LogP contribution in [0.1, 0.15) is 126 Å². The highest BCUT2D eigenvalue weighted by Crippen LogP contribution is 2.69. The summed E-state index contributed by atoms with van der Waals surface area (Å²) >= 11 is 0. The lowest BCUT2D eigenvalue weighted by Crippen LogP contribution is -2.56. The van der Waals surface area contributed by atoms with Gasteiger partial charge in [-0.25, -0.2) is 0 Å². The lowest BCUT2D eigenvalue weighted by molar-refractivity contribution is -0.152. The highest BCUT2D eigenvalue weighted by Gasteiger charge is 2.61. The lowest BCUT2D eigenvalue weighted by Gasteiger charge is -2.62. The predicted octanol–water partition coefficient (Wildman–Crippen LogP) is 9.05. The maximum absolute atomic E-state index is 11.0. The van der Waals surface area contributed by atoms with Gasteiger partial charge >= 0.3 is 0 Å². The van der Waals surface area contributed by atoms with Gasteiger partial charge in [0.25, 0.3) is 0 Å². The Morgan fingerprint density at radius 1 is 0.848 bits per heavy atom. The van der Waals surface area contributed by atoms with E-state index in [0.29, 0.717) is 16.7 Å². The zero-order chi connectivity index (χ0) is 24.0. The number of hydrogen-bond acceptors (Lipinski definition) is 1. The standard InChI is InChI=1S/C32H56O/c1-21(2)9-8-10-23(5)26-15-16-27-24-13-14-28-25(12-11-22(3)4)30(33)18-20-32(28,7)29(24)17-19-31(26,27)6/h11,21,23-30,33H,8-10,12-20H2,1-7H3/t23-,24?,25+,26-,27?,28?,29?,30-,31-,32+/m1/s1. The molecule has 4 rings (SSSR count). The summed E-state index contributed by atoms with van der Waals surface area (Å²) in [5, 5.41) is 11.0. The molecule has 4 aliphatic rings. The summed E-state index contributed by atoms with van der Waals surface area (Å²) in [5.74, 6) is 6.77. The first-order valence-electron chi connectivity index (χ1n) is 14.9. The number of aliphatic hydroxyl groups is 1. The molecule has 4 saturated carbocycles. The van der Waals surface area contributed by atoms with Crippen molar-refractivity contribution in [3.63, 3.8) is 0 Å². The Morgan fingerprint density at radius 3 is 2.21 bits per heavy atom. The molecule has 0 aromatic rings. The van der Waals surface area contributed by atoms with Gasteiger partial charge in [-0.2, -0.15) is 0 Å². The minimum Gasteiger partial charge on any atom is -0.393 e. The van der Waals surface area contributed by atoms with Crippen molar-refractivity contribution in [1.82, 2.24) is 0 Å². The van der Waals surface area contributed by atoms with Gasteiger partial charge in [0.05, 0.1) is 6.10 Å². The predicted molar refractivity (Wildman–Crippen MR) is 142 cm³/mol. The largest absolute Gasteiger partial charge is 0.393 e. The van der Waals surface area contributed by atoms with Gasteiger partial charge in [-0.1, -0.05) is 65.5 Å². The molecular weight excluding hydrogens is 400 g/mol. The van der Waals surface area contributed by atoms with Crippen molar-refractivity contribution in [2.24, 2.45) is 58.2 Å². The van der Waals surface area contributed by atoms with Crippen LogP contribution >= 0.6 is 0 Å². The first kappa shape index (κ1) is 25.8. The summed E-state index contributed by atoms with van der Waals surface area (Å²) in [5.41, 5.74) is 2.47. The van der Waals surface area contributed by atoms with Crippen molar-refractivity contribution >= 4 is 0 Å². The van der Waals surface area contributed by atoms with Crippen LogP contribution in [-0.2, 0) is 0 Å². The van der Waals surface area contributed by atoms with Crippen LogP contribution < -0.4 is 0 Å². The van der Waals surface area contributed by atoms with Gasteiger partial charge in [0.15, 0.2) is 0 Å². The molecule has 0 amide bonds. The van der Waals surface area contributed by atoms with Gasteiger partial charge in [-0.15, -0.1) is 0 Å². The summed E-state index contributed by atoms with van der Waals surface area (Å²) in [6.45, 7) is 17.2. The Morgan fingerprint density at radius 2 is 1.52 bits per heavy atom. The van der Waals surface area contributed by atoms with Crippen molar-refractivity contribution in [1.29, 1.82) is 0 Å². The first-order chi connectivity index (χ1) is 15.6. The highest BCUT2D eigenvalue weighted by atomic mass is 16.3. The number of hydrogen-bond donors (Lipinski definition) is 1. The molecule has 0 aromatic carbocycles. The third-order valence-corrected chi connectivity index (χ3v) is 11.9. The van der Waals surface area contributed by atoms with E-state index < -0.39 is 0 Å². The molecule has 10 atom stereocenters. The van der Waals surface area contributed by atoms with Gasteiger partial charge in [0.1, 0.15) is 0 Å². The normalized spacial score (nSPS) is 45.8. The molecule has 0 radical (unpaired) electrons. The molecule has 1 N–H and O–H groups in total. The molecular formula is C32H56O. The van der Waals surface area contributed by atoms with Crippen LogP contribution in [0.3, 0.4) is 0 Å². The molecule has 0 aliphatic heterocycles. The van der Waals surface area contributed by atoms with E-state index in [1.165, 1.54) is 69.8 Å². The molecule has 0 heterocycles. The van der Waals surface area contributed by atoms with Gasteiger partial charge in [-0.05, 0) is 130 Å². The summed E-state index contributed by atoms with van der Waals surface area (Å²) in [6.07, 6.45) is 18.8. The van der Waals surface area contributed by atoms with E-state index in [0.717, 1.165) is 54.3 Å². The Hall–Kier alpha value is -0.300. The van der Waals surface area contributed by atoms with E-state index in [2.05, 4.69) is 54.5 Å². The zero-order valence-electron chi connectivity index (χ0n) is 23.2. The number of aliphatic hydroxyl groups excluding tert-OH is 1. The second kappa shape index (κ2) is 9.99. The van der Waals surface area contributed by atoms with Crippen LogP contribution in [0.25, 0.3) is 0 Å². The Kier molecular flexibility index (Phi) is 7.80. The molecule has 0 saturated heterocycles. The van der Waals surface area contributed by atoms with Crippen LogP contribution in [0.4, 0.5) is 0 Å². The van der Waals surface area contributed by atoms with Crippen LogP contribution in [0.5, 0.6) is 0 Å². The van der Waals surface area contributed by atoms with E-state index in [4.69, 9.17) is 0 Å². The Bertz CT molecular complexity index is 689. The molecule has 4 unspecified atom stereocenters. The van der Waals surface area contributed by atoms with Crippen molar-refractivity contribution in [2.45, 2.75) is 132 Å². The molecule has 1 nitrogen and oxygen atoms in total. The summed E-state index contributed by atoms with van der Waals surface area (Å²) in [7, 11) is 0. The van der Waals surface area contributed by atoms with E-state index in [1.54, 1.807) is 0 Å². The van der Waals surface area contributed by atoms with Crippen molar-refractivity contribution in [2.75, 3.05) is 0 Å². The van der Waals surface area contributed by atoms with Crippen molar-refractivity contribution < 1.29 is 5.11 Å². The Balaban J connectivity index is 1.48. The first-order valence-corrected chi connectivity index (χ1v) is 14.9. The van der Waals surface area contributed by atoms with E-state index >= 15 is 0 Å². The lowest BCUT2D eigenvalue weighted by atomic mass is 9.43. The van der Waals surface area contributed by atoms with Crippen LogP contribution in [-0.4, -0.2) is 11.2 Å². The number of rotatable bonds is 7. The fourth-order valence-electron chi connectivity index (χ4n) is 10.2. The third kappa shape index (κ3) is 4.75. The molecule has 1 heteroatoms. The molecule has 0 aromatic heterocycles. The minimum atomic E-state index is -0.0772. The van der Waals surface area contributed by atoms with Crippen molar-refractivity contribution in [3.05, 3.63) is 11.6 Å². The number of fused-ring (bicyclic) bond motifs is 5. The molecule has 4 aliphatic carbocycles. The Labute approximate surface area is 206 Å². The molecule has 0 spiro atoms. The van der Waals surface area contributed by atoms with Gasteiger partial charge < -0.3 is 5.11 Å². The topological polar surface area (TPSA) is 20.2 Å². The van der Waals surface area contributed by atoms with E-state index in [1.807, 2.05) is 0 Å². The van der Waals surface area contributed by atoms with Crippen LogP contribution in [0.2, 0.25) is 0 Å². The number of allylic oxidation sites excluding steroid dienone is 2. The smallest absolute Gasteiger partial charge is 0.0574 e. The minimum absolute atomic E-state index is 0.0772. The average molecular weight is 457 g/mol. The van der Waals surface area contributed by atoms with Gasteiger partial charge in [0, 0.05) is 0 Å². The molecule has 0 bridgehead atoms. The fraction of sp³-hybridized carbons (Fsp3) is 0.938. The zero-order valence-corrected chi connectivity index (χ0v) is 23.2.